The van der Waals surface area contributed by atoms with Crippen molar-refractivity contribution in [2.75, 3.05) is 13.2 Å². The topological polar surface area (TPSA) is 102 Å². The van der Waals surface area contributed by atoms with Gasteiger partial charge in [-0.2, -0.15) is 0 Å². The van der Waals surface area contributed by atoms with Crippen LogP contribution in [0.4, 0.5) is 0 Å². The van der Waals surface area contributed by atoms with E-state index in [1.807, 2.05) is 0 Å². The lowest BCUT2D eigenvalue weighted by atomic mass is 9.83. The van der Waals surface area contributed by atoms with Gasteiger partial charge in [0, 0.05) is 18.0 Å². The Bertz CT molecular complexity index is 343. The third-order valence-corrected chi connectivity index (χ3v) is 3.45. The molecule has 1 aliphatic rings. The van der Waals surface area contributed by atoms with Crippen LogP contribution in [0.25, 0.3) is 0 Å². The average molecular weight is 258 g/mol. The van der Waals surface area contributed by atoms with Crippen LogP contribution in [0.15, 0.2) is 0 Å². The van der Waals surface area contributed by atoms with Crippen molar-refractivity contribution in [1.29, 1.82) is 0 Å². The van der Waals surface area contributed by atoms with Crippen LogP contribution in [0, 0.1) is 5.41 Å². The lowest BCUT2D eigenvalue weighted by molar-refractivity contribution is -0.138. The van der Waals surface area contributed by atoms with Gasteiger partial charge in [0.05, 0.1) is 18.6 Å². The monoisotopic (exact) mass is 258 g/mol. The summed E-state index contributed by atoms with van der Waals surface area (Å²) < 4.78 is 5.23. The van der Waals surface area contributed by atoms with Gasteiger partial charge < -0.3 is 20.9 Å². The maximum Gasteiger partial charge on any atom is 0.303 e. The number of carbonyl (C=O) groups is 2. The van der Waals surface area contributed by atoms with Gasteiger partial charge >= 0.3 is 5.97 Å². The van der Waals surface area contributed by atoms with Crippen molar-refractivity contribution >= 4 is 11.9 Å². The van der Waals surface area contributed by atoms with Gasteiger partial charge in [-0.3, -0.25) is 9.59 Å². The van der Waals surface area contributed by atoms with Gasteiger partial charge in [0.1, 0.15) is 0 Å². The van der Waals surface area contributed by atoms with E-state index < -0.39 is 16.9 Å². The fraction of sp³-hybridized carbons (Fsp3) is 0.833. The highest BCUT2D eigenvalue weighted by Crippen LogP contribution is 2.28. The summed E-state index contributed by atoms with van der Waals surface area (Å²) in [6.07, 6.45) is 0.396. The Morgan fingerprint density at radius 3 is 2.61 bits per heavy atom. The molecule has 2 unspecified atom stereocenters. The number of nitrogens with one attached hydrogen (secondary N) is 1. The van der Waals surface area contributed by atoms with Crippen LogP contribution in [0.1, 0.15) is 33.6 Å². The molecule has 18 heavy (non-hydrogen) atoms. The molecule has 2 atom stereocenters. The molecule has 0 aromatic rings. The fourth-order valence-corrected chi connectivity index (χ4v) is 1.85. The smallest absolute Gasteiger partial charge is 0.303 e. The summed E-state index contributed by atoms with van der Waals surface area (Å²) in [5, 5.41) is 11.5. The number of carboxylic acids is 1. The molecule has 0 aromatic carbocycles. The third-order valence-electron chi connectivity index (χ3n) is 3.45. The number of rotatable bonds is 5. The van der Waals surface area contributed by atoms with E-state index in [2.05, 4.69) is 5.32 Å². The van der Waals surface area contributed by atoms with Crippen molar-refractivity contribution in [3.63, 3.8) is 0 Å². The van der Waals surface area contributed by atoms with E-state index in [1.165, 1.54) is 0 Å². The number of carbonyl (C=O) groups excluding carboxylic acids is 1. The van der Waals surface area contributed by atoms with Crippen LogP contribution in [0.5, 0.6) is 0 Å². The van der Waals surface area contributed by atoms with E-state index in [4.69, 9.17) is 15.6 Å². The normalized spacial score (nSPS) is 28.1. The van der Waals surface area contributed by atoms with E-state index >= 15 is 0 Å². The molecular weight excluding hydrogens is 236 g/mol. The first-order valence-electron chi connectivity index (χ1n) is 6.05. The maximum atomic E-state index is 12.2. The first-order valence-corrected chi connectivity index (χ1v) is 6.05. The van der Waals surface area contributed by atoms with Crippen molar-refractivity contribution in [2.45, 2.75) is 45.2 Å². The summed E-state index contributed by atoms with van der Waals surface area (Å²) in [4.78, 5) is 22.8. The highest BCUT2D eigenvalue weighted by Gasteiger charge is 2.45. The Hall–Kier alpha value is -1.14. The predicted molar refractivity (Wildman–Crippen MR) is 66.0 cm³/mol. The summed E-state index contributed by atoms with van der Waals surface area (Å²) in [7, 11) is 0. The zero-order chi connectivity index (χ0) is 14.0. The minimum Gasteiger partial charge on any atom is -0.481 e. The first kappa shape index (κ1) is 14.9. The summed E-state index contributed by atoms with van der Waals surface area (Å²) in [6.45, 7) is 6.05. The standard InChI is InChI=1S/C12H22N2O4/c1-11(2,5-4-9(15)16)14-10(17)12(3)7-18-6-8(12)13/h8H,4-7,13H2,1-3H3,(H,14,17)(H,15,16). The molecule has 1 heterocycles. The van der Waals surface area contributed by atoms with Crippen molar-refractivity contribution in [2.24, 2.45) is 11.1 Å². The number of carboxylic acid groups (broad SMARTS) is 1. The molecule has 1 aliphatic heterocycles. The Balaban J connectivity index is 2.60. The number of amides is 1. The molecule has 1 saturated heterocycles. The zero-order valence-electron chi connectivity index (χ0n) is 11.2. The van der Waals surface area contributed by atoms with Crippen molar-refractivity contribution in [3.05, 3.63) is 0 Å². The van der Waals surface area contributed by atoms with Gasteiger partial charge in [-0.25, -0.2) is 0 Å². The number of aliphatic carboxylic acids is 1. The molecule has 1 fully saturated rings. The van der Waals surface area contributed by atoms with Crippen LogP contribution in [0.3, 0.4) is 0 Å². The summed E-state index contributed by atoms with van der Waals surface area (Å²) in [6, 6.07) is -0.326. The van der Waals surface area contributed by atoms with Gasteiger partial charge in [0.2, 0.25) is 5.91 Å². The van der Waals surface area contributed by atoms with E-state index in [1.54, 1.807) is 20.8 Å². The Labute approximate surface area is 107 Å². The lowest BCUT2D eigenvalue weighted by Crippen LogP contribution is -2.55. The third kappa shape index (κ3) is 3.43. The van der Waals surface area contributed by atoms with Gasteiger partial charge in [-0.1, -0.05) is 0 Å². The molecule has 1 amide bonds. The molecule has 104 valence electrons. The van der Waals surface area contributed by atoms with E-state index in [-0.39, 0.29) is 18.4 Å². The molecule has 0 saturated carbocycles. The van der Waals surface area contributed by atoms with Gasteiger partial charge in [-0.05, 0) is 27.2 Å². The molecule has 6 nitrogen and oxygen atoms in total. The Morgan fingerprint density at radius 1 is 1.56 bits per heavy atom. The molecule has 0 radical (unpaired) electrons. The second-order valence-corrected chi connectivity index (χ2v) is 5.77. The van der Waals surface area contributed by atoms with Gasteiger partial charge in [0.15, 0.2) is 0 Å². The SMILES string of the molecule is CC(C)(CCC(=O)O)NC(=O)C1(C)COCC1N. The summed E-state index contributed by atoms with van der Waals surface area (Å²) >= 11 is 0. The molecule has 0 spiro atoms. The highest BCUT2D eigenvalue weighted by molar-refractivity contribution is 5.84. The molecular formula is C12H22N2O4. The summed E-state index contributed by atoms with van der Waals surface area (Å²) in [5.74, 6) is -1.05. The number of nitrogens with two attached hydrogens (primary N) is 1. The fourth-order valence-electron chi connectivity index (χ4n) is 1.85. The van der Waals surface area contributed by atoms with Crippen LogP contribution < -0.4 is 11.1 Å². The molecule has 6 heteroatoms. The molecule has 0 aromatic heterocycles. The first-order chi connectivity index (χ1) is 8.17. The van der Waals surface area contributed by atoms with E-state index in [0.29, 0.717) is 19.6 Å². The lowest BCUT2D eigenvalue weighted by Gasteiger charge is -2.32. The molecule has 1 rings (SSSR count). The number of hydrogen-bond acceptors (Lipinski definition) is 4. The second kappa shape index (κ2) is 5.24. The van der Waals surface area contributed by atoms with Gasteiger partial charge in [0.25, 0.3) is 0 Å². The maximum absolute atomic E-state index is 12.2. The molecule has 4 N–H and O–H groups in total. The summed E-state index contributed by atoms with van der Waals surface area (Å²) in [5.41, 5.74) is 4.57. The van der Waals surface area contributed by atoms with Crippen molar-refractivity contribution in [1.82, 2.24) is 5.32 Å². The minimum atomic E-state index is -0.871. The van der Waals surface area contributed by atoms with Crippen LogP contribution >= 0.6 is 0 Å². The largest absolute Gasteiger partial charge is 0.481 e. The van der Waals surface area contributed by atoms with E-state index in [0.717, 1.165) is 0 Å². The quantitative estimate of drug-likeness (QED) is 0.649. The Morgan fingerprint density at radius 2 is 2.17 bits per heavy atom. The van der Waals surface area contributed by atoms with Gasteiger partial charge in [-0.15, -0.1) is 0 Å². The number of hydrogen-bond donors (Lipinski definition) is 3. The minimum absolute atomic E-state index is 0.0204. The highest BCUT2D eigenvalue weighted by atomic mass is 16.5. The zero-order valence-corrected chi connectivity index (χ0v) is 11.2. The number of ether oxygens (including phenoxy) is 1. The van der Waals surface area contributed by atoms with Crippen LogP contribution in [-0.2, 0) is 14.3 Å². The average Bonchev–Trinajstić information content (AvgIpc) is 2.57. The molecule has 0 aliphatic carbocycles. The van der Waals surface area contributed by atoms with Crippen LogP contribution in [0.2, 0.25) is 0 Å². The molecule has 0 bridgehead atoms. The van der Waals surface area contributed by atoms with Crippen molar-refractivity contribution < 1.29 is 19.4 Å². The predicted octanol–water partition coefficient (Wildman–Crippen LogP) is 0.110. The Kier molecular flexibility index (Phi) is 4.34. The van der Waals surface area contributed by atoms with Crippen LogP contribution in [-0.4, -0.2) is 41.8 Å². The van der Waals surface area contributed by atoms with Crippen molar-refractivity contribution in [3.8, 4) is 0 Å². The van der Waals surface area contributed by atoms with E-state index in [9.17, 15) is 9.59 Å². The second-order valence-electron chi connectivity index (χ2n) is 5.77.